The SMILES string of the molecule is C[C@@H]1OCC[C@H]1NCc1ccccc1Br. The molecular formula is C12H16BrNO. The van der Waals surface area contributed by atoms with Gasteiger partial charge in [-0.3, -0.25) is 0 Å². The van der Waals surface area contributed by atoms with Gasteiger partial charge in [0.2, 0.25) is 0 Å². The van der Waals surface area contributed by atoms with Crippen molar-refractivity contribution in [1.82, 2.24) is 5.32 Å². The van der Waals surface area contributed by atoms with Gasteiger partial charge in [0, 0.05) is 23.7 Å². The van der Waals surface area contributed by atoms with Gasteiger partial charge in [-0.1, -0.05) is 34.1 Å². The maximum atomic E-state index is 5.51. The van der Waals surface area contributed by atoms with Gasteiger partial charge < -0.3 is 10.1 Å². The van der Waals surface area contributed by atoms with Crippen molar-refractivity contribution >= 4 is 15.9 Å². The lowest BCUT2D eigenvalue weighted by Gasteiger charge is -2.16. The first-order chi connectivity index (χ1) is 7.27. The summed E-state index contributed by atoms with van der Waals surface area (Å²) in [6.45, 7) is 3.92. The largest absolute Gasteiger partial charge is 0.377 e. The van der Waals surface area contributed by atoms with E-state index in [4.69, 9.17) is 4.74 Å². The Bertz CT molecular complexity index is 329. The molecule has 0 aliphatic carbocycles. The molecule has 0 spiro atoms. The summed E-state index contributed by atoms with van der Waals surface area (Å²) in [7, 11) is 0. The van der Waals surface area contributed by atoms with Crippen LogP contribution in [0.2, 0.25) is 0 Å². The van der Waals surface area contributed by atoms with Gasteiger partial charge >= 0.3 is 0 Å². The number of benzene rings is 1. The molecule has 1 aromatic rings. The molecule has 1 aliphatic heterocycles. The summed E-state index contributed by atoms with van der Waals surface area (Å²) in [5.41, 5.74) is 1.30. The summed E-state index contributed by atoms with van der Waals surface area (Å²) >= 11 is 3.55. The van der Waals surface area contributed by atoms with Crippen LogP contribution in [0.3, 0.4) is 0 Å². The topological polar surface area (TPSA) is 21.3 Å². The van der Waals surface area contributed by atoms with Gasteiger partial charge in [-0.15, -0.1) is 0 Å². The molecule has 1 aromatic carbocycles. The lowest BCUT2D eigenvalue weighted by atomic mass is 10.1. The molecule has 1 heterocycles. The zero-order chi connectivity index (χ0) is 10.7. The van der Waals surface area contributed by atoms with Crippen LogP contribution in [0.1, 0.15) is 18.9 Å². The maximum Gasteiger partial charge on any atom is 0.0700 e. The molecule has 2 atom stereocenters. The van der Waals surface area contributed by atoms with Crippen molar-refractivity contribution in [2.45, 2.75) is 32.0 Å². The van der Waals surface area contributed by atoms with Gasteiger partial charge in [-0.05, 0) is 25.0 Å². The molecule has 15 heavy (non-hydrogen) atoms. The minimum absolute atomic E-state index is 0.340. The fourth-order valence-corrected chi connectivity index (χ4v) is 2.31. The van der Waals surface area contributed by atoms with Crippen molar-refractivity contribution in [3.05, 3.63) is 34.3 Å². The Morgan fingerprint density at radius 1 is 1.47 bits per heavy atom. The molecule has 0 radical (unpaired) electrons. The molecule has 0 unspecified atom stereocenters. The normalized spacial score (nSPS) is 25.7. The average molecular weight is 270 g/mol. The van der Waals surface area contributed by atoms with E-state index in [1.807, 2.05) is 6.07 Å². The van der Waals surface area contributed by atoms with Gasteiger partial charge in [0.1, 0.15) is 0 Å². The van der Waals surface area contributed by atoms with Crippen LogP contribution >= 0.6 is 15.9 Å². The number of ether oxygens (including phenoxy) is 1. The van der Waals surface area contributed by atoms with Crippen LogP contribution in [0.15, 0.2) is 28.7 Å². The third-order valence-corrected chi connectivity index (χ3v) is 3.66. The molecule has 2 nitrogen and oxygen atoms in total. The first kappa shape index (κ1) is 11.1. The molecular weight excluding hydrogens is 254 g/mol. The molecule has 2 rings (SSSR count). The standard InChI is InChI=1S/C12H16BrNO/c1-9-12(6-7-15-9)14-8-10-4-2-3-5-11(10)13/h2-5,9,12,14H,6-8H2,1H3/t9-,12+/m0/s1. The van der Waals surface area contributed by atoms with Crippen LogP contribution in [0.25, 0.3) is 0 Å². The van der Waals surface area contributed by atoms with Gasteiger partial charge in [0.05, 0.1) is 6.10 Å². The highest BCUT2D eigenvalue weighted by Gasteiger charge is 2.23. The number of rotatable bonds is 3. The van der Waals surface area contributed by atoms with E-state index >= 15 is 0 Å². The highest BCUT2D eigenvalue weighted by atomic mass is 79.9. The summed E-state index contributed by atoms with van der Waals surface area (Å²) in [6, 6.07) is 8.81. The van der Waals surface area contributed by atoms with Crippen LogP contribution < -0.4 is 5.32 Å². The lowest BCUT2D eigenvalue weighted by molar-refractivity contribution is 0.113. The number of hydrogen-bond acceptors (Lipinski definition) is 2. The Hall–Kier alpha value is -0.380. The second kappa shape index (κ2) is 5.10. The Morgan fingerprint density at radius 2 is 2.27 bits per heavy atom. The maximum absolute atomic E-state index is 5.51. The molecule has 3 heteroatoms. The lowest BCUT2D eigenvalue weighted by Crippen LogP contribution is -2.34. The van der Waals surface area contributed by atoms with Crippen molar-refractivity contribution in [3.63, 3.8) is 0 Å². The molecule has 0 saturated carbocycles. The summed E-state index contributed by atoms with van der Waals surface area (Å²) in [5, 5.41) is 3.53. The Balaban J connectivity index is 1.90. The van der Waals surface area contributed by atoms with Crippen LogP contribution in [0.4, 0.5) is 0 Å². The van der Waals surface area contributed by atoms with Gasteiger partial charge in [-0.25, -0.2) is 0 Å². The first-order valence-corrected chi connectivity index (χ1v) is 6.15. The number of hydrogen-bond donors (Lipinski definition) is 1. The van der Waals surface area contributed by atoms with Gasteiger partial charge in [0.25, 0.3) is 0 Å². The minimum Gasteiger partial charge on any atom is -0.377 e. The van der Waals surface area contributed by atoms with Crippen molar-refractivity contribution in [2.75, 3.05) is 6.61 Å². The summed E-state index contributed by atoms with van der Waals surface area (Å²) < 4.78 is 6.68. The molecule has 0 amide bonds. The molecule has 1 N–H and O–H groups in total. The van der Waals surface area contributed by atoms with Crippen molar-refractivity contribution in [1.29, 1.82) is 0 Å². The average Bonchev–Trinajstić information content (AvgIpc) is 2.63. The fourth-order valence-electron chi connectivity index (χ4n) is 1.88. The van der Waals surface area contributed by atoms with Gasteiger partial charge in [-0.2, -0.15) is 0 Å². The fraction of sp³-hybridized carbons (Fsp3) is 0.500. The Kier molecular flexibility index (Phi) is 3.78. The zero-order valence-corrected chi connectivity index (χ0v) is 10.5. The van der Waals surface area contributed by atoms with E-state index in [1.54, 1.807) is 0 Å². The van der Waals surface area contributed by atoms with E-state index in [0.29, 0.717) is 12.1 Å². The van der Waals surface area contributed by atoms with E-state index in [2.05, 4.69) is 46.4 Å². The highest BCUT2D eigenvalue weighted by Crippen LogP contribution is 2.17. The Morgan fingerprint density at radius 3 is 2.93 bits per heavy atom. The van der Waals surface area contributed by atoms with Crippen molar-refractivity contribution in [2.24, 2.45) is 0 Å². The molecule has 1 saturated heterocycles. The van der Waals surface area contributed by atoms with E-state index in [-0.39, 0.29) is 0 Å². The monoisotopic (exact) mass is 269 g/mol. The van der Waals surface area contributed by atoms with Crippen LogP contribution in [0, 0.1) is 0 Å². The van der Waals surface area contributed by atoms with E-state index in [9.17, 15) is 0 Å². The second-order valence-electron chi connectivity index (χ2n) is 3.94. The molecule has 1 aliphatic rings. The quantitative estimate of drug-likeness (QED) is 0.911. The predicted molar refractivity (Wildman–Crippen MR) is 64.8 cm³/mol. The van der Waals surface area contributed by atoms with Crippen molar-refractivity contribution < 1.29 is 4.74 Å². The minimum atomic E-state index is 0.340. The number of halogens is 1. The highest BCUT2D eigenvalue weighted by molar-refractivity contribution is 9.10. The summed E-state index contributed by atoms with van der Waals surface area (Å²) in [6.07, 6.45) is 1.46. The third kappa shape index (κ3) is 2.80. The summed E-state index contributed by atoms with van der Waals surface area (Å²) in [5.74, 6) is 0. The van der Waals surface area contributed by atoms with Crippen molar-refractivity contribution in [3.8, 4) is 0 Å². The molecule has 0 bridgehead atoms. The van der Waals surface area contributed by atoms with Gasteiger partial charge in [0.15, 0.2) is 0 Å². The predicted octanol–water partition coefficient (Wildman–Crippen LogP) is 2.72. The molecule has 0 aromatic heterocycles. The van der Waals surface area contributed by atoms with Crippen LogP contribution in [0.5, 0.6) is 0 Å². The van der Waals surface area contributed by atoms with E-state index in [0.717, 1.165) is 19.6 Å². The van der Waals surface area contributed by atoms with E-state index in [1.165, 1.54) is 10.0 Å². The summed E-state index contributed by atoms with van der Waals surface area (Å²) in [4.78, 5) is 0. The van der Waals surface area contributed by atoms with Crippen LogP contribution in [-0.2, 0) is 11.3 Å². The molecule has 1 fully saturated rings. The number of nitrogens with one attached hydrogen (secondary N) is 1. The zero-order valence-electron chi connectivity index (χ0n) is 8.87. The van der Waals surface area contributed by atoms with E-state index < -0.39 is 0 Å². The first-order valence-electron chi connectivity index (χ1n) is 5.36. The Labute approximate surface area is 99.1 Å². The molecule has 82 valence electrons. The smallest absolute Gasteiger partial charge is 0.0700 e. The van der Waals surface area contributed by atoms with Crippen LogP contribution in [-0.4, -0.2) is 18.8 Å². The third-order valence-electron chi connectivity index (χ3n) is 2.89. The second-order valence-corrected chi connectivity index (χ2v) is 4.80.